The minimum Gasteiger partial charge on any atom is -0.495 e. The number of hydrogen-bond acceptors (Lipinski definition) is 5. The van der Waals surface area contributed by atoms with Crippen molar-refractivity contribution in [2.45, 2.75) is 70.5 Å². The largest absolute Gasteiger partial charge is 0.495 e. The van der Waals surface area contributed by atoms with Crippen molar-refractivity contribution in [3.8, 4) is 5.75 Å². The van der Waals surface area contributed by atoms with Crippen molar-refractivity contribution < 1.29 is 22.7 Å². The van der Waals surface area contributed by atoms with E-state index in [1.54, 1.807) is 47.4 Å². The highest BCUT2D eigenvalue weighted by Gasteiger charge is 2.31. The molecule has 39 heavy (non-hydrogen) atoms. The fraction of sp³-hybridized carbons (Fsp3) is 0.500. The molecule has 1 fully saturated rings. The second-order valence-corrected chi connectivity index (χ2v) is 12.5. The highest BCUT2D eigenvalue weighted by Crippen LogP contribution is 2.30. The molecule has 0 radical (unpaired) electrons. The van der Waals surface area contributed by atoms with Crippen LogP contribution in [-0.4, -0.2) is 57.1 Å². The van der Waals surface area contributed by atoms with Gasteiger partial charge in [-0.15, -0.1) is 0 Å². The molecule has 1 aliphatic rings. The van der Waals surface area contributed by atoms with Gasteiger partial charge in [0.05, 0.1) is 19.1 Å². The Morgan fingerprint density at radius 1 is 1.13 bits per heavy atom. The molecular weight excluding hydrogens is 561 g/mol. The van der Waals surface area contributed by atoms with Crippen LogP contribution >= 0.6 is 23.2 Å². The van der Waals surface area contributed by atoms with E-state index in [0.29, 0.717) is 33.5 Å². The van der Waals surface area contributed by atoms with Crippen LogP contribution in [0.2, 0.25) is 10.0 Å². The minimum atomic E-state index is -3.64. The first-order valence-corrected chi connectivity index (χ1v) is 15.8. The first-order valence-electron chi connectivity index (χ1n) is 13.2. The summed E-state index contributed by atoms with van der Waals surface area (Å²) < 4.78 is 31.8. The van der Waals surface area contributed by atoms with Gasteiger partial charge in [-0.05, 0) is 55.5 Å². The summed E-state index contributed by atoms with van der Waals surface area (Å²) in [5.74, 6) is -0.0274. The lowest BCUT2D eigenvalue weighted by molar-refractivity contribution is -0.141. The van der Waals surface area contributed by atoms with Crippen molar-refractivity contribution >= 4 is 50.7 Å². The van der Waals surface area contributed by atoms with E-state index in [1.807, 2.05) is 6.92 Å². The van der Waals surface area contributed by atoms with Crippen molar-refractivity contribution in [2.75, 3.05) is 24.2 Å². The molecule has 0 heterocycles. The van der Waals surface area contributed by atoms with Crippen LogP contribution in [0.3, 0.4) is 0 Å². The summed E-state index contributed by atoms with van der Waals surface area (Å²) in [6.07, 6.45) is 5.85. The van der Waals surface area contributed by atoms with E-state index in [2.05, 4.69) is 5.32 Å². The van der Waals surface area contributed by atoms with Crippen molar-refractivity contribution in [3.63, 3.8) is 0 Å². The van der Waals surface area contributed by atoms with Gasteiger partial charge in [-0.25, -0.2) is 8.42 Å². The molecule has 214 valence electrons. The summed E-state index contributed by atoms with van der Waals surface area (Å²) in [4.78, 5) is 28.5. The Kier molecular flexibility index (Phi) is 11.3. The quantitative estimate of drug-likeness (QED) is 0.333. The first-order chi connectivity index (χ1) is 18.5. The SMILES string of the molecule is CCC(C(=O)NC1CCCC1)N(Cc1ccc(Cl)cc1Cl)C(=O)CCCN(c1ccccc1OC)S(C)(=O)=O. The molecule has 1 aliphatic carbocycles. The lowest BCUT2D eigenvalue weighted by atomic mass is 10.1. The molecule has 3 rings (SSSR count). The fourth-order valence-electron chi connectivity index (χ4n) is 4.94. The van der Waals surface area contributed by atoms with Crippen molar-refractivity contribution in [1.29, 1.82) is 0 Å². The molecule has 0 saturated heterocycles. The van der Waals surface area contributed by atoms with Gasteiger partial charge in [-0.2, -0.15) is 0 Å². The summed E-state index contributed by atoms with van der Waals surface area (Å²) in [6, 6.07) is 11.3. The van der Waals surface area contributed by atoms with Gasteiger partial charge < -0.3 is 15.0 Å². The lowest BCUT2D eigenvalue weighted by Gasteiger charge is -2.32. The van der Waals surface area contributed by atoms with Crippen LogP contribution in [0.5, 0.6) is 5.75 Å². The third-order valence-electron chi connectivity index (χ3n) is 6.95. The number of benzene rings is 2. The minimum absolute atomic E-state index is 0.0413. The second-order valence-electron chi connectivity index (χ2n) is 9.78. The number of ether oxygens (including phenoxy) is 1. The van der Waals surface area contributed by atoms with E-state index in [-0.39, 0.29) is 43.8 Å². The molecule has 0 aromatic heterocycles. The normalized spacial score (nSPS) is 14.6. The number of halogens is 2. The number of sulfonamides is 1. The summed E-state index contributed by atoms with van der Waals surface area (Å²) in [6.45, 7) is 2.08. The van der Waals surface area contributed by atoms with Crippen LogP contribution in [-0.2, 0) is 26.2 Å². The Labute approximate surface area is 241 Å². The predicted molar refractivity (Wildman–Crippen MR) is 156 cm³/mol. The molecule has 1 saturated carbocycles. The monoisotopic (exact) mass is 597 g/mol. The third-order valence-corrected chi connectivity index (χ3v) is 8.72. The van der Waals surface area contributed by atoms with E-state index < -0.39 is 16.1 Å². The predicted octanol–water partition coefficient (Wildman–Crippen LogP) is 5.41. The summed E-state index contributed by atoms with van der Waals surface area (Å²) in [5.41, 5.74) is 1.08. The molecule has 8 nitrogen and oxygen atoms in total. The summed E-state index contributed by atoms with van der Waals surface area (Å²) in [7, 11) is -2.16. The Morgan fingerprint density at radius 2 is 1.82 bits per heavy atom. The second kappa shape index (κ2) is 14.2. The lowest BCUT2D eigenvalue weighted by Crippen LogP contribution is -2.51. The van der Waals surface area contributed by atoms with Crippen molar-refractivity contribution in [3.05, 3.63) is 58.1 Å². The van der Waals surface area contributed by atoms with Crippen LogP contribution in [0.4, 0.5) is 5.69 Å². The zero-order valence-electron chi connectivity index (χ0n) is 22.7. The number of carbonyl (C=O) groups is 2. The molecule has 2 amide bonds. The highest BCUT2D eigenvalue weighted by atomic mass is 35.5. The van der Waals surface area contributed by atoms with Gasteiger partial charge in [0.2, 0.25) is 21.8 Å². The van der Waals surface area contributed by atoms with Crippen LogP contribution < -0.4 is 14.4 Å². The summed E-state index contributed by atoms with van der Waals surface area (Å²) >= 11 is 12.5. The van der Waals surface area contributed by atoms with E-state index in [1.165, 1.54) is 11.4 Å². The van der Waals surface area contributed by atoms with Crippen LogP contribution in [0.25, 0.3) is 0 Å². The number of para-hydroxylation sites is 2. The Hall–Kier alpha value is -2.49. The molecule has 0 bridgehead atoms. The molecule has 0 aliphatic heterocycles. The highest BCUT2D eigenvalue weighted by molar-refractivity contribution is 7.92. The number of nitrogens with zero attached hydrogens (tertiary/aromatic N) is 2. The van der Waals surface area contributed by atoms with Crippen molar-refractivity contribution in [2.24, 2.45) is 0 Å². The van der Waals surface area contributed by atoms with E-state index in [0.717, 1.165) is 31.9 Å². The molecule has 2 aromatic carbocycles. The summed E-state index contributed by atoms with van der Waals surface area (Å²) in [5, 5.41) is 4.00. The van der Waals surface area contributed by atoms with Gasteiger partial charge in [0, 0.05) is 35.6 Å². The number of nitrogens with one attached hydrogen (secondary N) is 1. The number of anilines is 1. The Morgan fingerprint density at radius 3 is 2.44 bits per heavy atom. The third kappa shape index (κ3) is 8.50. The zero-order valence-corrected chi connectivity index (χ0v) is 25.0. The number of carbonyl (C=O) groups excluding carboxylic acids is 2. The number of rotatable bonds is 13. The molecule has 11 heteroatoms. The molecule has 0 spiro atoms. The molecule has 2 aromatic rings. The van der Waals surface area contributed by atoms with Crippen molar-refractivity contribution in [1.82, 2.24) is 10.2 Å². The van der Waals surface area contributed by atoms with E-state index in [9.17, 15) is 18.0 Å². The maximum Gasteiger partial charge on any atom is 0.243 e. The maximum atomic E-state index is 13.6. The Balaban J connectivity index is 1.80. The molecule has 1 N–H and O–H groups in total. The average Bonchev–Trinajstić information content (AvgIpc) is 3.40. The smallest absolute Gasteiger partial charge is 0.243 e. The topological polar surface area (TPSA) is 96.0 Å². The first kappa shape index (κ1) is 31.0. The number of methoxy groups -OCH3 is 1. The van der Waals surface area contributed by atoms with Crippen LogP contribution in [0.15, 0.2) is 42.5 Å². The van der Waals surface area contributed by atoms with E-state index in [4.69, 9.17) is 27.9 Å². The van der Waals surface area contributed by atoms with Gasteiger partial charge >= 0.3 is 0 Å². The van der Waals surface area contributed by atoms with Gasteiger partial charge in [-0.1, -0.05) is 61.2 Å². The van der Waals surface area contributed by atoms with Gasteiger partial charge in [0.25, 0.3) is 0 Å². The molecule has 1 atom stereocenters. The van der Waals surface area contributed by atoms with Crippen LogP contribution in [0, 0.1) is 0 Å². The van der Waals surface area contributed by atoms with Gasteiger partial charge in [0.1, 0.15) is 11.8 Å². The number of amides is 2. The van der Waals surface area contributed by atoms with Crippen LogP contribution in [0.1, 0.15) is 57.4 Å². The fourth-order valence-corrected chi connectivity index (χ4v) is 6.38. The molecule has 1 unspecified atom stereocenters. The zero-order chi connectivity index (χ0) is 28.6. The standard InChI is InChI=1S/C28H37Cl2N3O5S/c1-4-24(28(35)31-22-10-5-6-11-22)32(19-20-15-16-21(29)18-23(20)30)27(34)14-9-17-33(39(3,36)37)25-12-7-8-13-26(25)38-2/h7-8,12-13,15-16,18,22,24H,4-6,9-11,14,17,19H2,1-3H3,(H,31,35). The molecular formula is C28H37Cl2N3O5S. The average molecular weight is 599 g/mol. The van der Waals surface area contributed by atoms with Gasteiger partial charge in [-0.3, -0.25) is 13.9 Å². The number of hydrogen-bond donors (Lipinski definition) is 1. The van der Waals surface area contributed by atoms with Gasteiger partial charge in [0.15, 0.2) is 0 Å². The van der Waals surface area contributed by atoms with E-state index >= 15 is 0 Å². The Bertz CT molecular complexity index is 1250. The maximum absolute atomic E-state index is 13.6.